The third-order valence-electron chi connectivity index (χ3n) is 6.45. The number of fused-ring (bicyclic) bond motifs is 1. The minimum Gasteiger partial charge on any atom is -0.491 e. The molecule has 2 saturated heterocycles. The molecule has 0 aliphatic carbocycles. The molecule has 178 valence electrons. The number of amides is 1. The van der Waals surface area contributed by atoms with Gasteiger partial charge >= 0.3 is 0 Å². The Morgan fingerprint density at radius 3 is 2.38 bits per heavy atom. The lowest BCUT2D eigenvalue weighted by Crippen LogP contribution is -2.50. The number of hydrogen-bond donors (Lipinski definition) is 0. The maximum atomic E-state index is 13.2. The van der Waals surface area contributed by atoms with Gasteiger partial charge in [0.15, 0.2) is 0 Å². The van der Waals surface area contributed by atoms with E-state index in [2.05, 4.69) is 0 Å². The first kappa shape index (κ1) is 22.8. The van der Waals surface area contributed by atoms with E-state index in [1.54, 1.807) is 41.3 Å². The molecule has 3 aromatic rings. The summed E-state index contributed by atoms with van der Waals surface area (Å²) in [6.07, 6.45) is 2.22. The van der Waals surface area contributed by atoms with Crippen molar-refractivity contribution in [3.8, 4) is 5.75 Å². The minimum atomic E-state index is -3.62. The molecular formula is C26H28N2O5S. The molecule has 0 unspecified atom stereocenters. The van der Waals surface area contributed by atoms with E-state index in [0.717, 1.165) is 30.2 Å². The van der Waals surface area contributed by atoms with Crippen LogP contribution in [0.25, 0.3) is 10.8 Å². The first-order chi connectivity index (χ1) is 16.5. The highest BCUT2D eigenvalue weighted by molar-refractivity contribution is 7.89. The summed E-state index contributed by atoms with van der Waals surface area (Å²) in [7, 11) is -3.62. The van der Waals surface area contributed by atoms with E-state index in [-0.39, 0.29) is 30.0 Å². The van der Waals surface area contributed by atoms with Crippen molar-refractivity contribution in [2.75, 3.05) is 39.4 Å². The number of carbonyl (C=O) groups excluding carboxylic acids is 1. The number of ether oxygens (including phenoxy) is 2. The lowest BCUT2D eigenvalue weighted by molar-refractivity contribution is 0.0676. The summed E-state index contributed by atoms with van der Waals surface area (Å²) in [5.74, 6) is 0.603. The van der Waals surface area contributed by atoms with Crippen LogP contribution in [0.2, 0.25) is 0 Å². The van der Waals surface area contributed by atoms with Gasteiger partial charge in [-0.25, -0.2) is 8.42 Å². The summed E-state index contributed by atoms with van der Waals surface area (Å²) < 4.78 is 39.1. The molecule has 0 N–H and O–H groups in total. The number of hydrogen-bond acceptors (Lipinski definition) is 5. The van der Waals surface area contributed by atoms with Crippen LogP contribution in [-0.2, 0) is 14.8 Å². The zero-order valence-corrected chi connectivity index (χ0v) is 19.7. The molecule has 3 aromatic carbocycles. The van der Waals surface area contributed by atoms with E-state index in [0.29, 0.717) is 31.0 Å². The standard InChI is InChI=1S/C26H28N2O5S/c29-26(21-7-10-23(11-8-21)33-19-24-6-3-17-32-24)27-13-15-28(16-14-27)34(30,31)25-12-9-20-4-1-2-5-22(20)18-25/h1-2,4-5,7-12,18,24H,3,6,13-17,19H2/t24-/m0/s1. The van der Waals surface area contributed by atoms with Gasteiger partial charge in [-0.2, -0.15) is 4.31 Å². The predicted octanol–water partition coefficient (Wildman–Crippen LogP) is 3.54. The summed E-state index contributed by atoms with van der Waals surface area (Å²) in [6.45, 7) is 2.54. The molecule has 0 saturated carbocycles. The van der Waals surface area contributed by atoms with Crippen LogP contribution in [0, 0.1) is 0 Å². The Labute approximate surface area is 199 Å². The van der Waals surface area contributed by atoms with Crippen LogP contribution < -0.4 is 4.74 Å². The zero-order valence-electron chi connectivity index (χ0n) is 18.9. The van der Waals surface area contributed by atoms with Gasteiger partial charge in [0.1, 0.15) is 12.4 Å². The van der Waals surface area contributed by atoms with Crippen molar-refractivity contribution in [2.24, 2.45) is 0 Å². The SMILES string of the molecule is O=C(c1ccc(OC[C@@H]2CCCO2)cc1)N1CCN(S(=O)(=O)c2ccc3ccccc3c2)CC1. The van der Waals surface area contributed by atoms with Gasteiger partial charge in [0.25, 0.3) is 5.91 Å². The number of benzene rings is 3. The number of nitrogens with zero attached hydrogens (tertiary/aromatic N) is 2. The Balaban J connectivity index is 1.19. The minimum absolute atomic E-state index is 0.103. The fourth-order valence-electron chi connectivity index (χ4n) is 4.45. The van der Waals surface area contributed by atoms with E-state index >= 15 is 0 Å². The summed E-state index contributed by atoms with van der Waals surface area (Å²) >= 11 is 0. The molecule has 7 nitrogen and oxygen atoms in total. The molecule has 1 atom stereocenters. The first-order valence-electron chi connectivity index (χ1n) is 11.6. The van der Waals surface area contributed by atoms with E-state index in [1.807, 2.05) is 30.3 Å². The Morgan fingerprint density at radius 1 is 0.941 bits per heavy atom. The van der Waals surface area contributed by atoms with Crippen LogP contribution in [-0.4, -0.2) is 69.0 Å². The van der Waals surface area contributed by atoms with Crippen LogP contribution in [0.1, 0.15) is 23.2 Å². The largest absolute Gasteiger partial charge is 0.491 e. The molecule has 0 aromatic heterocycles. The quantitative estimate of drug-likeness (QED) is 0.539. The number of piperazine rings is 1. The third-order valence-corrected chi connectivity index (χ3v) is 8.34. The lowest BCUT2D eigenvalue weighted by Gasteiger charge is -2.34. The van der Waals surface area contributed by atoms with Crippen LogP contribution in [0.5, 0.6) is 5.75 Å². The fraction of sp³-hybridized carbons (Fsp3) is 0.346. The molecule has 0 radical (unpaired) electrons. The molecule has 34 heavy (non-hydrogen) atoms. The second-order valence-corrected chi connectivity index (χ2v) is 10.6. The predicted molar refractivity (Wildman–Crippen MR) is 130 cm³/mol. The van der Waals surface area contributed by atoms with Gasteiger partial charge in [-0.1, -0.05) is 30.3 Å². The Kier molecular flexibility index (Phi) is 6.54. The van der Waals surface area contributed by atoms with Crippen LogP contribution in [0.15, 0.2) is 71.6 Å². The molecular weight excluding hydrogens is 452 g/mol. The normalized spacial score (nSPS) is 19.4. The van der Waals surface area contributed by atoms with E-state index in [4.69, 9.17) is 9.47 Å². The third kappa shape index (κ3) is 4.80. The van der Waals surface area contributed by atoms with Crippen LogP contribution in [0.4, 0.5) is 0 Å². The van der Waals surface area contributed by atoms with E-state index in [9.17, 15) is 13.2 Å². The number of rotatable bonds is 6. The molecule has 1 amide bonds. The van der Waals surface area contributed by atoms with Crippen molar-refractivity contribution in [3.05, 3.63) is 72.3 Å². The second kappa shape index (κ2) is 9.74. The molecule has 0 spiro atoms. The number of carbonyl (C=O) groups is 1. The molecule has 2 aliphatic heterocycles. The van der Waals surface area contributed by atoms with Crippen molar-refractivity contribution < 1.29 is 22.7 Å². The molecule has 2 heterocycles. The van der Waals surface area contributed by atoms with Crippen molar-refractivity contribution in [3.63, 3.8) is 0 Å². The van der Waals surface area contributed by atoms with Gasteiger partial charge in [0, 0.05) is 38.3 Å². The summed E-state index contributed by atoms with van der Waals surface area (Å²) in [5.41, 5.74) is 0.565. The maximum Gasteiger partial charge on any atom is 0.253 e. The van der Waals surface area contributed by atoms with Gasteiger partial charge < -0.3 is 14.4 Å². The summed E-state index contributed by atoms with van der Waals surface area (Å²) in [5, 5.41) is 1.89. The highest BCUT2D eigenvalue weighted by Gasteiger charge is 2.30. The van der Waals surface area contributed by atoms with Crippen LogP contribution in [0.3, 0.4) is 0 Å². The average Bonchev–Trinajstić information content (AvgIpc) is 3.41. The van der Waals surface area contributed by atoms with Crippen molar-refractivity contribution in [1.29, 1.82) is 0 Å². The molecule has 2 aliphatic rings. The topological polar surface area (TPSA) is 76.2 Å². The first-order valence-corrected chi connectivity index (χ1v) is 13.1. The highest BCUT2D eigenvalue weighted by atomic mass is 32.2. The smallest absolute Gasteiger partial charge is 0.253 e. The van der Waals surface area contributed by atoms with Crippen molar-refractivity contribution in [1.82, 2.24) is 9.21 Å². The Bertz CT molecular complexity index is 1260. The van der Waals surface area contributed by atoms with Gasteiger partial charge in [-0.15, -0.1) is 0 Å². The maximum absolute atomic E-state index is 13.2. The zero-order chi connectivity index (χ0) is 23.5. The Morgan fingerprint density at radius 2 is 1.68 bits per heavy atom. The lowest BCUT2D eigenvalue weighted by atomic mass is 10.1. The highest BCUT2D eigenvalue weighted by Crippen LogP contribution is 2.24. The molecule has 2 fully saturated rings. The van der Waals surface area contributed by atoms with Crippen molar-refractivity contribution >= 4 is 26.7 Å². The summed E-state index contributed by atoms with van der Waals surface area (Å²) in [4.78, 5) is 14.9. The summed E-state index contributed by atoms with van der Waals surface area (Å²) in [6, 6.07) is 20.0. The fourth-order valence-corrected chi connectivity index (χ4v) is 5.91. The second-order valence-electron chi connectivity index (χ2n) is 8.68. The number of sulfonamides is 1. The molecule has 0 bridgehead atoms. The Hall–Kier alpha value is -2.94. The average molecular weight is 481 g/mol. The monoisotopic (exact) mass is 480 g/mol. The van der Waals surface area contributed by atoms with Gasteiger partial charge in [0.2, 0.25) is 10.0 Å². The van der Waals surface area contributed by atoms with Gasteiger partial charge in [-0.3, -0.25) is 4.79 Å². The van der Waals surface area contributed by atoms with Crippen molar-refractivity contribution in [2.45, 2.75) is 23.8 Å². The molecule has 5 rings (SSSR count). The van der Waals surface area contributed by atoms with Crippen LogP contribution >= 0.6 is 0 Å². The molecule has 8 heteroatoms. The van der Waals surface area contributed by atoms with E-state index < -0.39 is 10.0 Å². The van der Waals surface area contributed by atoms with E-state index in [1.165, 1.54) is 4.31 Å². The van der Waals surface area contributed by atoms with Gasteiger partial charge in [0.05, 0.1) is 11.0 Å². The van der Waals surface area contributed by atoms with Gasteiger partial charge in [-0.05, 0) is 60.0 Å².